The van der Waals surface area contributed by atoms with Crippen molar-refractivity contribution in [1.82, 2.24) is 0 Å². The molecule has 0 atom stereocenters. The lowest BCUT2D eigenvalue weighted by atomic mass is 10.1. The maximum absolute atomic E-state index is 9.78. The fraction of sp³-hybridized carbons (Fsp3) is 0.286. The van der Waals surface area contributed by atoms with E-state index in [1.807, 2.05) is 42.1 Å². The van der Waals surface area contributed by atoms with Crippen LogP contribution < -0.4 is 0 Å². The van der Waals surface area contributed by atoms with Crippen molar-refractivity contribution in [1.29, 1.82) is 0 Å². The number of benzene rings is 2. The standard InChI is InChI=1S/C14H16O2S/c1-16-9-4-10-17-14-8-7-13(15)11-5-2-3-6-12(11)14/h2-3,5-8,15H,4,9-10H2,1H3. The molecular formula is C14H16O2S. The minimum Gasteiger partial charge on any atom is -0.507 e. The molecule has 0 spiro atoms. The van der Waals surface area contributed by atoms with E-state index in [0.717, 1.165) is 29.6 Å². The first-order valence-electron chi connectivity index (χ1n) is 5.65. The Morgan fingerprint density at radius 3 is 2.65 bits per heavy atom. The van der Waals surface area contributed by atoms with Crippen LogP contribution in [0.5, 0.6) is 5.75 Å². The fourth-order valence-electron chi connectivity index (χ4n) is 1.77. The molecule has 90 valence electrons. The van der Waals surface area contributed by atoms with Gasteiger partial charge in [-0.2, -0.15) is 0 Å². The molecule has 17 heavy (non-hydrogen) atoms. The van der Waals surface area contributed by atoms with E-state index in [4.69, 9.17) is 4.74 Å². The van der Waals surface area contributed by atoms with Crippen molar-refractivity contribution in [3.05, 3.63) is 36.4 Å². The maximum atomic E-state index is 9.78. The molecule has 2 aromatic rings. The second-order valence-corrected chi connectivity index (χ2v) is 4.96. The molecule has 0 aliphatic heterocycles. The van der Waals surface area contributed by atoms with Crippen molar-refractivity contribution in [3.8, 4) is 5.75 Å². The zero-order valence-corrected chi connectivity index (χ0v) is 10.7. The van der Waals surface area contributed by atoms with Crippen LogP contribution in [0.4, 0.5) is 0 Å². The lowest BCUT2D eigenvalue weighted by Gasteiger charge is -2.07. The summed E-state index contributed by atoms with van der Waals surface area (Å²) in [7, 11) is 1.72. The van der Waals surface area contributed by atoms with Crippen LogP contribution in [-0.4, -0.2) is 24.6 Å². The molecular weight excluding hydrogens is 232 g/mol. The molecule has 0 bridgehead atoms. The highest BCUT2D eigenvalue weighted by Crippen LogP contribution is 2.33. The van der Waals surface area contributed by atoms with Gasteiger partial charge in [-0.1, -0.05) is 24.3 Å². The molecule has 2 aromatic carbocycles. The van der Waals surface area contributed by atoms with Gasteiger partial charge in [0.25, 0.3) is 0 Å². The van der Waals surface area contributed by atoms with Gasteiger partial charge < -0.3 is 9.84 Å². The Morgan fingerprint density at radius 1 is 1.12 bits per heavy atom. The number of phenolic OH excluding ortho intramolecular Hbond substituents is 1. The number of thioether (sulfide) groups is 1. The Kier molecular flexibility index (Phi) is 4.29. The van der Waals surface area contributed by atoms with Crippen LogP contribution in [0.1, 0.15) is 6.42 Å². The van der Waals surface area contributed by atoms with Crippen LogP contribution in [0.2, 0.25) is 0 Å². The van der Waals surface area contributed by atoms with Crippen molar-refractivity contribution >= 4 is 22.5 Å². The predicted molar refractivity (Wildman–Crippen MR) is 72.8 cm³/mol. The highest BCUT2D eigenvalue weighted by Gasteiger charge is 2.04. The van der Waals surface area contributed by atoms with Crippen LogP contribution in [0.15, 0.2) is 41.3 Å². The number of phenols is 1. The van der Waals surface area contributed by atoms with Gasteiger partial charge in [0.1, 0.15) is 5.75 Å². The molecule has 0 amide bonds. The van der Waals surface area contributed by atoms with E-state index < -0.39 is 0 Å². The van der Waals surface area contributed by atoms with Crippen LogP contribution in [0.3, 0.4) is 0 Å². The summed E-state index contributed by atoms with van der Waals surface area (Å²) in [6.45, 7) is 0.795. The monoisotopic (exact) mass is 248 g/mol. The molecule has 0 fully saturated rings. The summed E-state index contributed by atoms with van der Waals surface area (Å²) < 4.78 is 5.03. The first kappa shape index (κ1) is 12.3. The fourth-order valence-corrected chi connectivity index (χ4v) is 2.75. The SMILES string of the molecule is COCCCSc1ccc(O)c2ccccc12. The van der Waals surface area contributed by atoms with E-state index in [-0.39, 0.29) is 0 Å². The van der Waals surface area contributed by atoms with E-state index in [0.29, 0.717) is 5.75 Å². The molecule has 0 aliphatic carbocycles. The zero-order valence-electron chi connectivity index (χ0n) is 9.85. The van der Waals surface area contributed by atoms with Crippen LogP contribution in [-0.2, 0) is 4.74 Å². The van der Waals surface area contributed by atoms with Crippen LogP contribution in [0, 0.1) is 0 Å². The molecule has 0 saturated heterocycles. The first-order chi connectivity index (χ1) is 8.33. The molecule has 0 radical (unpaired) electrons. The summed E-state index contributed by atoms with van der Waals surface area (Å²) in [5, 5.41) is 11.8. The highest BCUT2D eigenvalue weighted by atomic mass is 32.2. The van der Waals surface area contributed by atoms with E-state index in [1.165, 1.54) is 4.90 Å². The molecule has 3 heteroatoms. The summed E-state index contributed by atoms with van der Waals surface area (Å²) in [6.07, 6.45) is 1.04. The summed E-state index contributed by atoms with van der Waals surface area (Å²) >= 11 is 1.81. The van der Waals surface area contributed by atoms with Crippen molar-refractivity contribution in [2.45, 2.75) is 11.3 Å². The Morgan fingerprint density at radius 2 is 1.88 bits per heavy atom. The van der Waals surface area contributed by atoms with Gasteiger partial charge in [-0.05, 0) is 23.9 Å². The number of hydrogen-bond acceptors (Lipinski definition) is 3. The van der Waals surface area contributed by atoms with Gasteiger partial charge in [-0.25, -0.2) is 0 Å². The third-order valence-electron chi connectivity index (χ3n) is 2.61. The Labute approximate surface area is 106 Å². The van der Waals surface area contributed by atoms with Crippen molar-refractivity contribution in [2.75, 3.05) is 19.5 Å². The second-order valence-electron chi connectivity index (χ2n) is 3.82. The average molecular weight is 248 g/mol. The van der Waals surface area contributed by atoms with Crippen molar-refractivity contribution in [2.24, 2.45) is 0 Å². The van der Waals surface area contributed by atoms with Crippen molar-refractivity contribution < 1.29 is 9.84 Å². The third-order valence-corrected chi connectivity index (χ3v) is 3.77. The van der Waals surface area contributed by atoms with Gasteiger partial charge in [0.2, 0.25) is 0 Å². The number of hydrogen-bond donors (Lipinski definition) is 1. The lowest BCUT2D eigenvalue weighted by molar-refractivity contribution is 0.200. The number of fused-ring (bicyclic) bond motifs is 1. The van der Waals surface area contributed by atoms with Gasteiger partial charge >= 0.3 is 0 Å². The summed E-state index contributed by atoms with van der Waals surface area (Å²) in [4.78, 5) is 1.22. The molecule has 2 rings (SSSR count). The highest BCUT2D eigenvalue weighted by molar-refractivity contribution is 7.99. The number of ether oxygens (including phenoxy) is 1. The van der Waals surface area contributed by atoms with E-state index >= 15 is 0 Å². The Bertz CT molecular complexity index is 497. The van der Waals surface area contributed by atoms with Gasteiger partial charge in [0, 0.05) is 29.8 Å². The normalized spacial score (nSPS) is 10.9. The number of rotatable bonds is 5. The van der Waals surface area contributed by atoms with Crippen molar-refractivity contribution in [3.63, 3.8) is 0 Å². The molecule has 2 nitrogen and oxygen atoms in total. The van der Waals surface area contributed by atoms with Gasteiger partial charge in [0.15, 0.2) is 0 Å². The number of methoxy groups -OCH3 is 1. The molecule has 0 saturated carbocycles. The average Bonchev–Trinajstić information content (AvgIpc) is 2.37. The summed E-state index contributed by atoms with van der Waals surface area (Å²) in [5.41, 5.74) is 0. The zero-order chi connectivity index (χ0) is 12.1. The maximum Gasteiger partial charge on any atom is 0.123 e. The van der Waals surface area contributed by atoms with E-state index in [9.17, 15) is 5.11 Å². The van der Waals surface area contributed by atoms with Gasteiger partial charge in [-0.3, -0.25) is 0 Å². The molecule has 0 unspecified atom stereocenters. The first-order valence-corrected chi connectivity index (χ1v) is 6.64. The number of aromatic hydroxyl groups is 1. The topological polar surface area (TPSA) is 29.5 Å². The van der Waals surface area contributed by atoms with E-state index in [1.54, 1.807) is 13.2 Å². The summed E-state index contributed by atoms with van der Waals surface area (Å²) in [5.74, 6) is 1.38. The van der Waals surface area contributed by atoms with Crippen LogP contribution >= 0.6 is 11.8 Å². The predicted octanol–water partition coefficient (Wildman–Crippen LogP) is 3.67. The third kappa shape index (κ3) is 2.93. The van der Waals surface area contributed by atoms with Gasteiger partial charge in [-0.15, -0.1) is 11.8 Å². The molecule has 0 aromatic heterocycles. The van der Waals surface area contributed by atoms with E-state index in [2.05, 4.69) is 0 Å². The molecule has 0 aliphatic rings. The second kappa shape index (κ2) is 5.94. The van der Waals surface area contributed by atoms with Gasteiger partial charge in [0.05, 0.1) is 0 Å². The smallest absolute Gasteiger partial charge is 0.123 e. The molecule has 0 heterocycles. The van der Waals surface area contributed by atoms with Crippen LogP contribution in [0.25, 0.3) is 10.8 Å². The Balaban J connectivity index is 2.20. The molecule has 1 N–H and O–H groups in total. The summed E-state index contributed by atoms with van der Waals surface area (Å²) in [6, 6.07) is 11.7. The minimum atomic E-state index is 0.349. The Hall–Kier alpha value is -1.19. The minimum absolute atomic E-state index is 0.349. The largest absolute Gasteiger partial charge is 0.507 e. The lowest BCUT2D eigenvalue weighted by Crippen LogP contribution is -1.90. The quantitative estimate of drug-likeness (QED) is 0.646.